The van der Waals surface area contributed by atoms with Crippen LogP contribution in [0.25, 0.3) is 0 Å². The Kier molecular flexibility index (Phi) is 3.11. The Morgan fingerprint density at radius 3 is 2.86 bits per heavy atom. The number of amides is 1. The van der Waals surface area contributed by atoms with E-state index >= 15 is 0 Å². The minimum absolute atomic E-state index is 0.0447. The summed E-state index contributed by atoms with van der Waals surface area (Å²) in [5.74, 6) is 1.23. The lowest BCUT2D eigenvalue weighted by molar-refractivity contribution is -0.158. The van der Waals surface area contributed by atoms with Gasteiger partial charge in [0.2, 0.25) is 5.91 Å². The minimum atomic E-state index is -0.0447. The molecule has 1 aliphatic carbocycles. The quantitative estimate of drug-likeness (QED) is 0.780. The molecule has 1 aromatic rings. The molecule has 2 aliphatic heterocycles. The molecule has 4 rings (SSSR count). The van der Waals surface area contributed by atoms with E-state index in [0.717, 1.165) is 12.8 Å². The highest BCUT2D eigenvalue weighted by Crippen LogP contribution is 2.48. The van der Waals surface area contributed by atoms with Gasteiger partial charge >= 0.3 is 0 Å². The van der Waals surface area contributed by atoms with Gasteiger partial charge in [-0.15, -0.1) is 0 Å². The topological polar surface area (TPSA) is 29.5 Å². The van der Waals surface area contributed by atoms with Crippen LogP contribution in [0.2, 0.25) is 0 Å². The first-order valence-corrected chi connectivity index (χ1v) is 7.96. The number of hydrogen-bond donors (Lipinski definition) is 0. The molecule has 0 radical (unpaired) electrons. The number of rotatable bonds is 2. The summed E-state index contributed by atoms with van der Waals surface area (Å²) in [6.45, 7) is 2.83. The summed E-state index contributed by atoms with van der Waals surface area (Å²) in [7, 11) is 0. The average molecular weight is 283 g/mol. The fourth-order valence-electron chi connectivity index (χ4n) is 4.30. The standard InChI is InChI=1S/C18H21NO2/c1-2-13-14-9-6-10-15(14)17(20)19-16(11-21-18(13)19)12-7-4-3-5-8-12/h3-9,13-16,18H,2,10-11H2,1H3/t13-,14+,15-,16-,18+/m0/s1. The third-order valence-corrected chi connectivity index (χ3v) is 5.34. The van der Waals surface area contributed by atoms with Gasteiger partial charge in [-0.1, -0.05) is 49.4 Å². The van der Waals surface area contributed by atoms with Crippen molar-refractivity contribution in [3.63, 3.8) is 0 Å². The molecule has 2 heterocycles. The van der Waals surface area contributed by atoms with Crippen molar-refractivity contribution in [2.45, 2.75) is 32.0 Å². The minimum Gasteiger partial charge on any atom is -0.355 e. The number of nitrogens with zero attached hydrogens (tertiary/aromatic N) is 1. The maximum absolute atomic E-state index is 12.9. The molecule has 0 aromatic heterocycles. The van der Waals surface area contributed by atoms with Crippen LogP contribution in [0.15, 0.2) is 42.5 Å². The normalized spacial score (nSPS) is 37.7. The van der Waals surface area contributed by atoms with Gasteiger partial charge in [-0.25, -0.2) is 0 Å². The number of benzene rings is 1. The molecule has 5 atom stereocenters. The Morgan fingerprint density at radius 1 is 1.29 bits per heavy atom. The van der Waals surface area contributed by atoms with Gasteiger partial charge in [0, 0.05) is 11.8 Å². The van der Waals surface area contributed by atoms with Crippen LogP contribution in [0, 0.1) is 17.8 Å². The van der Waals surface area contributed by atoms with Gasteiger partial charge in [-0.05, 0) is 24.3 Å². The number of ether oxygens (including phenoxy) is 1. The molecule has 1 amide bonds. The van der Waals surface area contributed by atoms with E-state index in [1.54, 1.807) is 0 Å². The molecule has 2 fully saturated rings. The maximum Gasteiger partial charge on any atom is 0.229 e. The predicted octanol–water partition coefficient (Wildman–Crippen LogP) is 3.14. The molecule has 0 N–H and O–H groups in total. The van der Waals surface area contributed by atoms with E-state index in [1.165, 1.54) is 5.56 Å². The first-order chi connectivity index (χ1) is 10.3. The number of hydrogen-bond acceptors (Lipinski definition) is 2. The number of carbonyl (C=O) groups is 1. The SMILES string of the molecule is CC[C@H]1[C@H]2C=CC[C@@H]2C(=O)N2[C@@H]1OC[C@H]2c1ccccc1. The van der Waals surface area contributed by atoms with Crippen LogP contribution in [0.5, 0.6) is 0 Å². The Hall–Kier alpha value is -1.61. The van der Waals surface area contributed by atoms with E-state index in [0.29, 0.717) is 18.4 Å². The first-order valence-electron chi connectivity index (χ1n) is 7.96. The molecule has 0 spiro atoms. The van der Waals surface area contributed by atoms with Crippen molar-refractivity contribution in [3.8, 4) is 0 Å². The van der Waals surface area contributed by atoms with Gasteiger partial charge in [-0.3, -0.25) is 4.79 Å². The first kappa shape index (κ1) is 13.1. The maximum atomic E-state index is 12.9. The van der Waals surface area contributed by atoms with E-state index in [4.69, 9.17) is 4.74 Å². The number of allylic oxidation sites excluding steroid dienone is 2. The van der Waals surface area contributed by atoms with Crippen molar-refractivity contribution < 1.29 is 9.53 Å². The molecule has 0 saturated carbocycles. The monoisotopic (exact) mass is 283 g/mol. The largest absolute Gasteiger partial charge is 0.355 e. The zero-order valence-electron chi connectivity index (χ0n) is 12.3. The van der Waals surface area contributed by atoms with E-state index in [2.05, 4.69) is 31.2 Å². The van der Waals surface area contributed by atoms with E-state index < -0.39 is 0 Å². The molecular weight excluding hydrogens is 262 g/mol. The van der Waals surface area contributed by atoms with E-state index in [-0.39, 0.29) is 24.1 Å². The summed E-state index contributed by atoms with van der Waals surface area (Å²) in [4.78, 5) is 15.0. The second-order valence-electron chi connectivity index (χ2n) is 6.32. The summed E-state index contributed by atoms with van der Waals surface area (Å²) >= 11 is 0. The summed E-state index contributed by atoms with van der Waals surface area (Å²) in [6, 6.07) is 10.4. The van der Waals surface area contributed by atoms with Crippen LogP contribution in [-0.2, 0) is 9.53 Å². The average Bonchev–Trinajstić information content (AvgIpc) is 3.16. The van der Waals surface area contributed by atoms with Gasteiger partial charge in [0.1, 0.15) is 6.23 Å². The van der Waals surface area contributed by atoms with Gasteiger partial charge in [0.15, 0.2) is 0 Å². The Morgan fingerprint density at radius 2 is 2.10 bits per heavy atom. The molecule has 2 saturated heterocycles. The van der Waals surface area contributed by atoms with E-state index in [9.17, 15) is 4.79 Å². The van der Waals surface area contributed by atoms with Crippen LogP contribution in [0.4, 0.5) is 0 Å². The summed E-state index contributed by atoms with van der Waals surface area (Å²) < 4.78 is 6.08. The Balaban J connectivity index is 1.70. The lowest BCUT2D eigenvalue weighted by atomic mass is 9.76. The lowest BCUT2D eigenvalue weighted by Crippen LogP contribution is -2.53. The Bertz CT molecular complexity index is 568. The molecule has 1 aromatic carbocycles. The zero-order valence-corrected chi connectivity index (χ0v) is 12.3. The molecule has 0 bridgehead atoms. The van der Waals surface area contributed by atoms with Gasteiger partial charge in [-0.2, -0.15) is 0 Å². The van der Waals surface area contributed by atoms with Crippen molar-refractivity contribution in [2.75, 3.05) is 6.61 Å². The van der Waals surface area contributed by atoms with Crippen molar-refractivity contribution in [3.05, 3.63) is 48.0 Å². The molecule has 0 unspecified atom stereocenters. The van der Waals surface area contributed by atoms with Crippen molar-refractivity contribution in [2.24, 2.45) is 17.8 Å². The lowest BCUT2D eigenvalue weighted by Gasteiger charge is -2.43. The molecule has 110 valence electrons. The van der Waals surface area contributed by atoms with Crippen LogP contribution in [0.3, 0.4) is 0 Å². The summed E-state index contributed by atoms with van der Waals surface area (Å²) in [6.07, 6.45) is 6.33. The second-order valence-corrected chi connectivity index (χ2v) is 6.32. The van der Waals surface area contributed by atoms with Gasteiger partial charge < -0.3 is 9.64 Å². The summed E-state index contributed by atoms with van der Waals surface area (Å²) in [5.41, 5.74) is 1.19. The number of carbonyl (C=O) groups excluding carboxylic acids is 1. The predicted molar refractivity (Wildman–Crippen MR) is 80.3 cm³/mol. The smallest absolute Gasteiger partial charge is 0.229 e. The van der Waals surface area contributed by atoms with E-state index in [1.807, 2.05) is 23.1 Å². The zero-order chi connectivity index (χ0) is 14.4. The van der Waals surface area contributed by atoms with Crippen LogP contribution in [0.1, 0.15) is 31.4 Å². The van der Waals surface area contributed by atoms with Crippen molar-refractivity contribution >= 4 is 5.91 Å². The molecular formula is C18H21NO2. The highest BCUT2D eigenvalue weighted by molar-refractivity contribution is 5.82. The third kappa shape index (κ3) is 1.87. The van der Waals surface area contributed by atoms with Crippen molar-refractivity contribution in [1.82, 2.24) is 4.90 Å². The third-order valence-electron chi connectivity index (χ3n) is 5.34. The van der Waals surface area contributed by atoms with Crippen LogP contribution < -0.4 is 0 Å². The number of fused-ring (bicyclic) bond motifs is 2. The summed E-state index contributed by atoms with van der Waals surface area (Å²) in [5, 5.41) is 0. The van der Waals surface area contributed by atoms with Gasteiger partial charge in [0.05, 0.1) is 12.6 Å². The van der Waals surface area contributed by atoms with Crippen LogP contribution >= 0.6 is 0 Å². The highest BCUT2D eigenvalue weighted by atomic mass is 16.5. The van der Waals surface area contributed by atoms with Gasteiger partial charge in [0.25, 0.3) is 0 Å². The van der Waals surface area contributed by atoms with Crippen LogP contribution in [-0.4, -0.2) is 23.6 Å². The van der Waals surface area contributed by atoms with Crippen molar-refractivity contribution in [1.29, 1.82) is 0 Å². The molecule has 3 heteroatoms. The number of piperidine rings is 1. The Labute approximate surface area is 125 Å². The molecule has 21 heavy (non-hydrogen) atoms. The highest BCUT2D eigenvalue weighted by Gasteiger charge is 2.53. The molecule has 3 aliphatic rings. The fourth-order valence-corrected chi connectivity index (χ4v) is 4.30. The molecule has 3 nitrogen and oxygen atoms in total. The second kappa shape index (κ2) is 4.99. The fraction of sp³-hybridized carbons (Fsp3) is 0.500.